The van der Waals surface area contributed by atoms with Crippen LogP contribution in [0.3, 0.4) is 0 Å². The summed E-state index contributed by atoms with van der Waals surface area (Å²) in [5.74, 6) is -0.143. The lowest BCUT2D eigenvalue weighted by Gasteiger charge is -2.11. The molecule has 0 atom stereocenters. The molecule has 2 aromatic heterocycles. The van der Waals surface area contributed by atoms with E-state index >= 15 is 0 Å². The van der Waals surface area contributed by atoms with Gasteiger partial charge in [0.2, 0.25) is 5.91 Å². The summed E-state index contributed by atoms with van der Waals surface area (Å²) >= 11 is 1.40. The van der Waals surface area contributed by atoms with Crippen molar-refractivity contribution >= 4 is 33.3 Å². The van der Waals surface area contributed by atoms with E-state index in [1.165, 1.54) is 11.3 Å². The van der Waals surface area contributed by atoms with Crippen LogP contribution < -0.4 is 10.9 Å². The normalized spacial score (nSPS) is 10.9. The SMILES string of the molecule is Cc1csc(NC(=O)CCn2c(=O)cc(C)c3ccccc32)n1. The largest absolute Gasteiger partial charge is 0.308 e. The predicted octanol–water partition coefficient (Wildman–Crippen LogP) is 3.10. The zero-order chi connectivity index (χ0) is 16.4. The van der Waals surface area contributed by atoms with Crippen LogP contribution in [0, 0.1) is 13.8 Å². The van der Waals surface area contributed by atoms with Crippen LogP contribution in [0.25, 0.3) is 10.9 Å². The summed E-state index contributed by atoms with van der Waals surface area (Å²) < 4.78 is 1.65. The summed E-state index contributed by atoms with van der Waals surface area (Å²) in [4.78, 5) is 28.5. The molecule has 1 N–H and O–H groups in total. The number of benzene rings is 1. The van der Waals surface area contributed by atoms with E-state index in [9.17, 15) is 9.59 Å². The van der Waals surface area contributed by atoms with Crippen LogP contribution >= 0.6 is 11.3 Å². The minimum atomic E-state index is -0.143. The van der Waals surface area contributed by atoms with E-state index in [-0.39, 0.29) is 17.9 Å². The fraction of sp³-hybridized carbons (Fsp3) is 0.235. The molecule has 1 amide bonds. The zero-order valence-electron chi connectivity index (χ0n) is 13.0. The number of aryl methyl sites for hydroxylation is 3. The molecule has 0 aliphatic carbocycles. The highest BCUT2D eigenvalue weighted by atomic mass is 32.1. The average molecular weight is 327 g/mol. The van der Waals surface area contributed by atoms with E-state index in [4.69, 9.17) is 0 Å². The number of aromatic nitrogens is 2. The van der Waals surface area contributed by atoms with Gasteiger partial charge in [-0.25, -0.2) is 4.98 Å². The average Bonchev–Trinajstić information content (AvgIpc) is 2.92. The van der Waals surface area contributed by atoms with Crippen molar-refractivity contribution in [3.05, 3.63) is 57.3 Å². The molecule has 0 aliphatic heterocycles. The van der Waals surface area contributed by atoms with E-state index in [1.54, 1.807) is 10.6 Å². The summed E-state index contributed by atoms with van der Waals surface area (Å²) in [6.07, 6.45) is 0.228. The molecule has 0 fully saturated rings. The molecule has 6 heteroatoms. The van der Waals surface area contributed by atoms with Crippen LogP contribution in [0.2, 0.25) is 0 Å². The first-order valence-corrected chi connectivity index (χ1v) is 8.24. The van der Waals surface area contributed by atoms with Crippen molar-refractivity contribution in [2.75, 3.05) is 5.32 Å². The van der Waals surface area contributed by atoms with Crippen molar-refractivity contribution < 1.29 is 4.79 Å². The Labute approximate surface area is 137 Å². The fourth-order valence-corrected chi connectivity index (χ4v) is 3.24. The maximum atomic E-state index is 12.2. The number of para-hydroxylation sites is 1. The first-order valence-electron chi connectivity index (χ1n) is 7.36. The van der Waals surface area contributed by atoms with Crippen molar-refractivity contribution in [3.8, 4) is 0 Å². The molecule has 23 heavy (non-hydrogen) atoms. The molecule has 0 saturated heterocycles. The molecule has 118 valence electrons. The fourth-order valence-electron chi connectivity index (χ4n) is 2.54. The minimum Gasteiger partial charge on any atom is -0.308 e. The van der Waals surface area contributed by atoms with Gasteiger partial charge in [-0.15, -0.1) is 11.3 Å². The first kappa shape index (κ1) is 15.4. The predicted molar refractivity (Wildman–Crippen MR) is 93.0 cm³/mol. The second kappa shape index (κ2) is 6.34. The molecule has 2 heterocycles. The highest BCUT2D eigenvalue weighted by Crippen LogP contribution is 2.17. The van der Waals surface area contributed by atoms with E-state index in [2.05, 4.69) is 10.3 Å². The van der Waals surface area contributed by atoms with Crippen LogP contribution in [0.4, 0.5) is 5.13 Å². The summed E-state index contributed by atoms with van der Waals surface area (Å²) in [5, 5.41) is 6.27. The van der Waals surface area contributed by atoms with Gasteiger partial charge in [0.25, 0.3) is 5.56 Å². The van der Waals surface area contributed by atoms with Crippen LogP contribution in [-0.4, -0.2) is 15.5 Å². The Hall–Kier alpha value is -2.47. The molecule has 0 bridgehead atoms. The number of fused-ring (bicyclic) bond motifs is 1. The number of nitrogens with zero attached hydrogens (tertiary/aromatic N) is 2. The van der Waals surface area contributed by atoms with Crippen LogP contribution in [0.15, 0.2) is 40.5 Å². The van der Waals surface area contributed by atoms with Gasteiger partial charge in [0.05, 0.1) is 11.2 Å². The van der Waals surface area contributed by atoms with Crippen LogP contribution in [0.1, 0.15) is 17.7 Å². The van der Waals surface area contributed by atoms with Gasteiger partial charge in [0.15, 0.2) is 5.13 Å². The first-order chi connectivity index (χ1) is 11.0. The number of carbonyl (C=O) groups excluding carboxylic acids is 1. The van der Waals surface area contributed by atoms with E-state index in [0.29, 0.717) is 11.7 Å². The Morgan fingerprint density at radius 3 is 2.83 bits per heavy atom. The Morgan fingerprint density at radius 1 is 1.30 bits per heavy atom. The van der Waals surface area contributed by atoms with E-state index in [0.717, 1.165) is 22.2 Å². The van der Waals surface area contributed by atoms with Crippen molar-refractivity contribution in [2.24, 2.45) is 0 Å². The second-order valence-corrected chi connectivity index (χ2v) is 6.28. The number of thiazole rings is 1. The molecule has 0 aliphatic rings. The summed E-state index contributed by atoms with van der Waals surface area (Å²) in [5.41, 5.74) is 2.60. The highest BCUT2D eigenvalue weighted by molar-refractivity contribution is 7.13. The molecule has 3 rings (SSSR count). The van der Waals surface area contributed by atoms with Gasteiger partial charge in [-0.05, 0) is 25.5 Å². The van der Waals surface area contributed by atoms with Gasteiger partial charge in [-0.1, -0.05) is 18.2 Å². The molecule has 0 saturated carbocycles. The Bertz CT molecular complexity index is 927. The smallest absolute Gasteiger partial charge is 0.251 e. The third-order valence-corrected chi connectivity index (χ3v) is 4.53. The lowest BCUT2D eigenvalue weighted by atomic mass is 10.1. The molecular formula is C17H17N3O2S. The zero-order valence-corrected chi connectivity index (χ0v) is 13.8. The number of hydrogen-bond acceptors (Lipinski definition) is 4. The van der Waals surface area contributed by atoms with Crippen molar-refractivity contribution in [3.63, 3.8) is 0 Å². The third kappa shape index (κ3) is 3.32. The van der Waals surface area contributed by atoms with Crippen LogP contribution in [0.5, 0.6) is 0 Å². The number of anilines is 1. The number of amides is 1. The van der Waals surface area contributed by atoms with E-state index < -0.39 is 0 Å². The molecule has 0 spiro atoms. The van der Waals surface area contributed by atoms with Crippen LogP contribution in [-0.2, 0) is 11.3 Å². The maximum absolute atomic E-state index is 12.2. The molecule has 3 aromatic rings. The van der Waals surface area contributed by atoms with Gasteiger partial charge < -0.3 is 9.88 Å². The van der Waals surface area contributed by atoms with Gasteiger partial charge in [0, 0.05) is 29.8 Å². The van der Waals surface area contributed by atoms with Gasteiger partial charge in [-0.3, -0.25) is 9.59 Å². The monoisotopic (exact) mass is 327 g/mol. The quantitative estimate of drug-likeness (QED) is 0.801. The number of carbonyl (C=O) groups is 1. The van der Waals surface area contributed by atoms with Crippen molar-refractivity contribution in [1.82, 2.24) is 9.55 Å². The molecular weight excluding hydrogens is 310 g/mol. The lowest BCUT2D eigenvalue weighted by molar-refractivity contribution is -0.116. The van der Waals surface area contributed by atoms with Crippen molar-refractivity contribution in [2.45, 2.75) is 26.8 Å². The number of rotatable bonds is 4. The second-order valence-electron chi connectivity index (χ2n) is 5.43. The van der Waals surface area contributed by atoms with Gasteiger partial charge >= 0.3 is 0 Å². The standard InChI is InChI=1S/C17H17N3O2S/c1-11-9-16(22)20(14-6-4-3-5-13(11)14)8-7-15(21)19-17-18-12(2)10-23-17/h3-6,9-10H,7-8H2,1-2H3,(H,18,19,21). The number of nitrogens with one attached hydrogen (secondary N) is 1. The van der Waals surface area contributed by atoms with E-state index in [1.807, 2.05) is 43.5 Å². The van der Waals surface area contributed by atoms with Gasteiger partial charge in [0.1, 0.15) is 0 Å². The number of pyridine rings is 1. The van der Waals surface area contributed by atoms with Crippen molar-refractivity contribution in [1.29, 1.82) is 0 Å². The summed E-state index contributed by atoms with van der Waals surface area (Å²) in [7, 11) is 0. The summed E-state index contributed by atoms with van der Waals surface area (Å²) in [6, 6.07) is 9.35. The maximum Gasteiger partial charge on any atom is 0.251 e. The Balaban J connectivity index is 1.79. The molecule has 0 unspecified atom stereocenters. The lowest BCUT2D eigenvalue weighted by Crippen LogP contribution is -2.23. The summed E-state index contributed by atoms with van der Waals surface area (Å²) in [6.45, 7) is 4.14. The minimum absolute atomic E-state index is 0.0842. The Morgan fingerprint density at radius 2 is 2.09 bits per heavy atom. The molecule has 0 radical (unpaired) electrons. The highest BCUT2D eigenvalue weighted by Gasteiger charge is 2.09. The third-order valence-electron chi connectivity index (χ3n) is 3.65. The molecule has 5 nitrogen and oxygen atoms in total. The van der Waals surface area contributed by atoms with Gasteiger partial charge in [-0.2, -0.15) is 0 Å². The topological polar surface area (TPSA) is 64.0 Å². The molecule has 1 aromatic carbocycles. The number of hydrogen-bond donors (Lipinski definition) is 1. The Kier molecular flexibility index (Phi) is 4.25.